The lowest BCUT2D eigenvalue weighted by atomic mass is 9.96. The SMILES string of the molecule is CN1CCC(CN(C)C(=O)CC(C)(C)N)CC1. The monoisotopic (exact) mass is 241 g/mol. The molecule has 0 saturated carbocycles. The standard InChI is InChI=1S/C13H27N3O/c1-13(2,14)9-12(17)16(4)10-11-5-7-15(3)8-6-11/h11H,5-10,14H2,1-4H3. The van der Waals surface area contributed by atoms with Gasteiger partial charge >= 0.3 is 0 Å². The predicted octanol–water partition coefficient (Wildman–Crippen LogP) is 0.914. The summed E-state index contributed by atoms with van der Waals surface area (Å²) in [6.07, 6.45) is 2.82. The fourth-order valence-corrected chi connectivity index (χ4v) is 2.26. The van der Waals surface area contributed by atoms with E-state index in [4.69, 9.17) is 5.73 Å². The van der Waals surface area contributed by atoms with Crippen molar-refractivity contribution in [1.29, 1.82) is 0 Å². The second-order valence-corrected chi connectivity index (χ2v) is 6.19. The van der Waals surface area contributed by atoms with Crippen LogP contribution in [0.2, 0.25) is 0 Å². The predicted molar refractivity (Wildman–Crippen MR) is 70.7 cm³/mol. The molecule has 4 nitrogen and oxygen atoms in total. The van der Waals surface area contributed by atoms with E-state index in [1.54, 1.807) is 0 Å². The van der Waals surface area contributed by atoms with Gasteiger partial charge in [-0.3, -0.25) is 4.79 Å². The summed E-state index contributed by atoms with van der Waals surface area (Å²) in [5.41, 5.74) is 5.47. The van der Waals surface area contributed by atoms with Crippen molar-refractivity contribution in [3.8, 4) is 0 Å². The van der Waals surface area contributed by atoms with E-state index >= 15 is 0 Å². The molecule has 1 aliphatic heterocycles. The van der Waals surface area contributed by atoms with Crippen LogP contribution in [0.15, 0.2) is 0 Å². The Labute approximate surface area is 105 Å². The van der Waals surface area contributed by atoms with Crippen LogP contribution in [0, 0.1) is 5.92 Å². The van der Waals surface area contributed by atoms with Crippen molar-refractivity contribution in [3.05, 3.63) is 0 Å². The van der Waals surface area contributed by atoms with Gasteiger partial charge in [0.1, 0.15) is 0 Å². The van der Waals surface area contributed by atoms with E-state index in [9.17, 15) is 4.79 Å². The maximum Gasteiger partial charge on any atom is 0.224 e. The van der Waals surface area contributed by atoms with Crippen LogP contribution in [-0.2, 0) is 4.79 Å². The number of likely N-dealkylation sites (tertiary alicyclic amines) is 1. The van der Waals surface area contributed by atoms with Gasteiger partial charge in [0.05, 0.1) is 0 Å². The minimum atomic E-state index is -0.405. The van der Waals surface area contributed by atoms with E-state index in [0.29, 0.717) is 12.3 Å². The van der Waals surface area contributed by atoms with E-state index in [-0.39, 0.29) is 5.91 Å². The Morgan fingerprint density at radius 2 is 1.94 bits per heavy atom. The Hall–Kier alpha value is -0.610. The third-order valence-electron chi connectivity index (χ3n) is 3.40. The Morgan fingerprint density at radius 1 is 1.41 bits per heavy atom. The van der Waals surface area contributed by atoms with Crippen molar-refractivity contribution in [2.45, 2.75) is 38.6 Å². The minimum absolute atomic E-state index is 0.163. The molecule has 2 N–H and O–H groups in total. The first-order chi connectivity index (χ1) is 7.78. The molecular formula is C13H27N3O. The molecule has 0 atom stereocenters. The third-order valence-corrected chi connectivity index (χ3v) is 3.40. The average molecular weight is 241 g/mol. The van der Waals surface area contributed by atoms with Crippen molar-refractivity contribution in [1.82, 2.24) is 9.80 Å². The minimum Gasteiger partial charge on any atom is -0.345 e. The van der Waals surface area contributed by atoms with Crippen molar-refractivity contribution < 1.29 is 4.79 Å². The molecule has 0 aromatic rings. The van der Waals surface area contributed by atoms with E-state index < -0.39 is 5.54 Å². The molecule has 0 aromatic carbocycles. The lowest BCUT2D eigenvalue weighted by molar-refractivity contribution is -0.131. The fraction of sp³-hybridized carbons (Fsp3) is 0.923. The molecule has 1 aliphatic rings. The van der Waals surface area contributed by atoms with Gasteiger partial charge in [-0.2, -0.15) is 0 Å². The molecule has 100 valence electrons. The number of carbonyl (C=O) groups excluding carboxylic acids is 1. The number of nitrogens with zero attached hydrogens (tertiary/aromatic N) is 2. The summed E-state index contributed by atoms with van der Waals surface area (Å²) in [5, 5.41) is 0. The second kappa shape index (κ2) is 5.83. The van der Waals surface area contributed by atoms with Crippen LogP contribution in [0.25, 0.3) is 0 Å². The summed E-state index contributed by atoms with van der Waals surface area (Å²) < 4.78 is 0. The van der Waals surface area contributed by atoms with E-state index in [2.05, 4.69) is 11.9 Å². The molecule has 0 spiro atoms. The van der Waals surface area contributed by atoms with Gasteiger partial charge in [0.2, 0.25) is 5.91 Å². The number of nitrogens with two attached hydrogens (primary N) is 1. The second-order valence-electron chi connectivity index (χ2n) is 6.19. The van der Waals surface area contributed by atoms with Crippen molar-refractivity contribution >= 4 is 5.91 Å². The lowest BCUT2D eigenvalue weighted by Gasteiger charge is -2.32. The zero-order valence-corrected chi connectivity index (χ0v) is 11.7. The molecule has 0 unspecified atom stereocenters. The Balaban J connectivity index is 2.33. The number of amides is 1. The number of carbonyl (C=O) groups is 1. The van der Waals surface area contributed by atoms with Crippen LogP contribution in [0.4, 0.5) is 0 Å². The summed E-state index contributed by atoms with van der Waals surface area (Å²) in [5.74, 6) is 0.817. The van der Waals surface area contributed by atoms with Crippen LogP contribution in [0.1, 0.15) is 33.1 Å². The Morgan fingerprint density at radius 3 is 2.41 bits per heavy atom. The van der Waals surface area contributed by atoms with Crippen molar-refractivity contribution in [3.63, 3.8) is 0 Å². The van der Waals surface area contributed by atoms with Crippen LogP contribution in [0.5, 0.6) is 0 Å². The maximum atomic E-state index is 11.9. The van der Waals surface area contributed by atoms with Gasteiger partial charge in [0.15, 0.2) is 0 Å². The highest BCUT2D eigenvalue weighted by molar-refractivity contribution is 5.77. The molecule has 4 heteroatoms. The first kappa shape index (κ1) is 14.5. The molecular weight excluding hydrogens is 214 g/mol. The Kier molecular flexibility index (Phi) is 4.95. The highest BCUT2D eigenvalue weighted by atomic mass is 16.2. The van der Waals surface area contributed by atoms with E-state index in [0.717, 1.165) is 19.6 Å². The number of piperidine rings is 1. The number of hydrogen-bond acceptors (Lipinski definition) is 3. The van der Waals surface area contributed by atoms with Gasteiger partial charge in [0.25, 0.3) is 0 Å². The number of hydrogen-bond donors (Lipinski definition) is 1. The topological polar surface area (TPSA) is 49.6 Å². The van der Waals surface area contributed by atoms with Gasteiger partial charge in [-0.25, -0.2) is 0 Å². The third kappa shape index (κ3) is 5.50. The number of rotatable bonds is 4. The normalized spacial score (nSPS) is 19.4. The average Bonchev–Trinajstić information content (AvgIpc) is 2.19. The Bertz CT molecular complexity index is 252. The summed E-state index contributed by atoms with van der Waals surface area (Å²) >= 11 is 0. The summed E-state index contributed by atoms with van der Waals surface area (Å²) in [7, 11) is 4.05. The molecule has 1 fully saturated rings. The molecule has 1 saturated heterocycles. The summed E-state index contributed by atoms with van der Waals surface area (Å²) in [4.78, 5) is 16.1. The molecule has 0 aliphatic carbocycles. The summed E-state index contributed by atoms with van der Waals surface area (Å²) in [6, 6.07) is 0. The largest absolute Gasteiger partial charge is 0.345 e. The van der Waals surface area contributed by atoms with Crippen LogP contribution in [-0.4, -0.2) is 55.0 Å². The van der Waals surface area contributed by atoms with Gasteiger partial charge in [-0.05, 0) is 52.7 Å². The fourth-order valence-electron chi connectivity index (χ4n) is 2.26. The van der Waals surface area contributed by atoms with Crippen LogP contribution in [0.3, 0.4) is 0 Å². The van der Waals surface area contributed by atoms with Gasteiger partial charge < -0.3 is 15.5 Å². The molecule has 1 amide bonds. The maximum absolute atomic E-state index is 11.9. The van der Waals surface area contributed by atoms with Crippen molar-refractivity contribution in [2.75, 3.05) is 33.7 Å². The van der Waals surface area contributed by atoms with E-state index in [1.165, 1.54) is 12.8 Å². The summed E-state index contributed by atoms with van der Waals surface area (Å²) in [6.45, 7) is 6.97. The molecule has 1 rings (SSSR count). The quantitative estimate of drug-likeness (QED) is 0.796. The zero-order valence-electron chi connectivity index (χ0n) is 11.7. The first-order valence-corrected chi connectivity index (χ1v) is 6.49. The van der Waals surface area contributed by atoms with Crippen molar-refractivity contribution in [2.24, 2.45) is 11.7 Å². The molecule has 17 heavy (non-hydrogen) atoms. The molecule has 0 radical (unpaired) electrons. The highest BCUT2D eigenvalue weighted by Crippen LogP contribution is 2.17. The smallest absolute Gasteiger partial charge is 0.224 e. The van der Waals surface area contributed by atoms with Crippen LogP contribution < -0.4 is 5.73 Å². The molecule has 1 heterocycles. The van der Waals surface area contributed by atoms with Crippen LogP contribution >= 0.6 is 0 Å². The highest BCUT2D eigenvalue weighted by Gasteiger charge is 2.23. The van der Waals surface area contributed by atoms with Gasteiger partial charge in [-0.1, -0.05) is 0 Å². The molecule has 0 aromatic heterocycles. The first-order valence-electron chi connectivity index (χ1n) is 6.49. The van der Waals surface area contributed by atoms with Gasteiger partial charge in [0, 0.05) is 25.6 Å². The van der Waals surface area contributed by atoms with Gasteiger partial charge in [-0.15, -0.1) is 0 Å². The lowest BCUT2D eigenvalue weighted by Crippen LogP contribution is -2.42. The van der Waals surface area contributed by atoms with E-state index in [1.807, 2.05) is 25.8 Å². The molecule has 0 bridgehead atoms. The zero-order chi connectivity index (χ0) is 13.1.